The second-order valence-electron chi connectivity index (χ2n) is 7.83. The highest BCUT2D eigenvalue weighted by molar-refractivity contribution is 6.03. The Morgan fingerprint density at radius 2 is 1.85 bits per heavy atom. The van der Waals surface area contributed by atoms with E-state index in [0.717, 1.165) is 24.2 Å². The highest BCUT2D eigenvalue weighted by Gasteiger charge is 2.20. The second kappa shape index (κ2) is 8.58. The lowest BCUT2D eigenvalue weighted by Crippen LogP contribution is -2.21. The highest BCUT2D eigenvalue weighted by atomic mass is 16.6. The minimum atomic E-state index is -0.462. The van der Waals surface area contributed by atoms with Crippen molar-refractivity contribution in [1.29, 1.82) is 0 Å². The molecule has 0 spiro atoms. The van der Waals surface area contributed by atoms with Crippen LogP contribution in [0.1, 0.15) is 21.6 Å². The van der Waals surface area contributed by atoms with Gasteiger partial charge >= 0.3 is 0 Å². The van der Waals surface area contributed by atoms with Gasteiger partial charge in [0.2, 0.25) is 0 Å². The van der Waals surface area contributed by atoms with Crippen LogP contribution in [0.15, 0.2) is 85.1 Å². The molecule has 1 aromatic heterocycles. The average Bonchev–Trinajstić information content (AvgIpc) is 3.49. The third kappa shape index (κ3) is 4.18. The van der Waals surface area contributed by atoms with Gasteiger partial charge in [-0.25, -0.2) is 4.68 Å². The number of nitro benzene ring substituents is 1. The number of nitrogens with one attached hydrogen (secondary N) is 1. The number of hydrogen-bond acceptors (Lipinski definition) is 5. The van der Waals surface area contributed by atoms with Crippen molar-refractivity contribution in [3.05, 3.63) is 112 Å². The Kier molecular flexibility index (Phi) is 5.32. The van der Waals surface area contributed by atoms with E-state index in [9.17, 15) is 14.9 Å². The monoisotopic (exact) mass is 439 g/mol. The summed E-state index contributed by atoms with van der Waals surface area (Å²) in [5.41, 5.74) is 5.02. The van der Waals surface area contributed by atoms with Crippen molar-refractivity contribution in [3.8, 4) is 5.69 Å². The molecule has 1 aliphatic rings. The summed E-state index contributed by atoms with van der Waals surface area (Å²) in [6, 6.07) is 23.8. The molecule has 2 heterocycles. The number of para-hydroxylation sites is 2. The van der Waals surface area contributed by atoms with Crippen molar-refractivity contribution in [3.63, 3.8) is 0 Å². The van der Waals surface area contributed by atoms with E-state index in [1.54, 1.807) is 24.4 Å². The van der Waals surface area contributed by atoms with Crippen molar-refractivity contribution >= 4 is 23.0 Å². The van der Waals surface area contributed by atoms with Crippen molar-refractivity contribution in [2.75, 3.05) is 16.8 Å². The molecular weight excluding hydrogens is 418 g/mol. The molecule has 0 fully saturated rings. The van der Waals surface area contributed by atoms with E-state index in [4.69, 9.17) is 0 Å². The van der Waals surface area contributed by atoms with Crippen molar-refractivity contribution in [1.82, 2.24) is 9.78 Å². The predicted octanol–water partition coefficient (Wildman–Crippen LogP) is 4.60. The van der Waals surface area contributed by atoms with Crippen molar-refractivity contribution in [2.45, 2.75) is 13.0 Å². The first-order chi connectivity index (χ1) is 16.1. The van der Waals surface area contributed by atoms with Gasteiger partial charge in [-0.2, -0.15) is 5.10 Å². The van der Waals surface area contributed by atoms with Gasteiger partial charge in [0.15, 0.2) is 5.69 Å². The van der Waals surface area contributed by atoms with E-state index in [1.165, 1.54) is 28.1 Å². The summed E-state index contributed by atoms with van der Waals surface area (Å²) in [6.07, 6.45) is 2.63. The minimum absolute atomic E-state index is 0.0357. The molecule has 8 heteroatoms. The third-order valence-corrected chi connectivity index (χ3v) is 5.74. The number of fused-ring (bicyclic) bond motifs is 1. The summed E-state index contributed by atoms with van der Waals surface area (Å²) in [7, 11) is 0. The molecule has 0 aliphatic carbocycles. The topological polar surface area (TPSA) is 93.3 Å². The lowest BCUT2D eigenvalue weighted by molar-refractivity contribution is -0.384. The van der Waals surface area contributed by atoms with E-state index < -0.39 is 4.92 Å². The van der Waals surface area contributed by atoms with E-state index in [1.807, 2.05) is 30.3 Å². The predicted molar refractivity (Wildman–Crippen MR) is 126 cm³/mol. The van der Waals surface area contributed by atoms with E-state index >= 15 is 0 Å². The fraction of sp³-hybridized carbons (Fsp3) is 0.120. The molecule has 1 aliphatic heterocycles. The fourth-order valence-corrected chi connectivity index (χ4v) is 4.08. The maximum absolute atomic E-state index is 12.9. The smallest absolute Gasteiger partial charge is 0.276 e. The molecule has 0 unspecified atom stereocenters. The number of nitro groups is 1. The Labute approximate surface area is 190 Å². The van der Waals surface area contributed by atoms with Crippen LogP contribution >= 0.6 is 0 Å². The molecule has 164 valence electrons. The Bertz CT molecular complexity index is 1350. The first-order valence-corrected chi connectivity index (χ1v) is 10.6. The number of rotatable bonds is 6. The lowest BCUT2D eigenvalue weighted by atomic mass is 10.1. The van der Waals surface area contributed by atoms with Crippen LogP contribution in [0.2, 0.25) is 0 Å². The first kappa shape index (κ1) is 20.4. The molecule has 0 atom stereocenters. The Balaban J connectivity index is 1.33. The standard InChI is InChI=1S/C25H21N5O3/c31-25(23-13-15-29(27-23)20-8-5-9-21(16-20)30(32)33)26-22-10-3-1-7-19(22)17-28-14-12-18-6-2-4-11-24(18)28/h1-11,13,15-16H,12,14,17H2,(H,26,31). The summed E-state index contributed by atoms with van der Waals surface area (Å²) in [4.78, 5) is 25.8. The van der Waals surface area contributed by atoms with Crippen LogP contribution in [0, 0.1) is 10.1 Å². The van der Waals surface area contributed by atoms with Gasteiger partial charge in [0.1, 0.15) is 0 Å². The minimum Gasteiger partial charge on any atom is -0.367 e. The number of nitrogens with zero attached hydrogens (tertiary/aromatic N) is 4. The molecule has 0 bridgehead atoms. The number of hydrogen-bond donors (Lipinski definition) is 1. The van der Waals surface area contributed by atoms with Crippen LogP contribution in [0.5, 0.6) is 0 Å². The van der Waals surface area contributed by atoms with E-state index in [-0.39, 0.29) is 17.3 Å². The average molecular weight is 439 g/mol. The molecule has 3 aromatic carbocycles. The number of carbonyl (C=O) groups excluding carboxylic acids is 1. The molecule has 1 amide bonds. The number of non-ortho nitro benzene ring substituents is 1. The van der Waals surface area contributed by atoms with Crippen LogP contribution in [0.4, 0.5) is 17.1 Å². The number of aromatic nitrogens is 2. The van der Waals surface area contributed by atoms with Gasteiger partial charge in [-0.05, 0) is 41.8 Å². The molecule has 0 saturated carbocycles. The third-order valence-electron chi connectivity index (χ3n) is 5.74. The summed E-state index contributed by atoms with van der Waals surface area (Å²) in [6.45, 7) is 1.63. The van der Waals surface area contributed by atoms with Crippen molar-refractivity contribution in [2.24, 2.45) is 0 Å². The van der Waals surface area contributed by atoms with Crippen LogP contribution < -0.4 is 10.2 Å². The number of anilines is 2. The molecule has 4 aromatic rings. The molecular formula is C25H21N5O3. The summed E-state index contributed by atoms with van der Waals surface area (Å²) in [5, 5.41) is 18.3. The quantitative estimate of drug-likeness (QED) is 0.350. The second-order valence-corrected chi connectivity index (χ2v) is 7.83. The summed E-state index contributed by atoms with van der Waals surface area (Å²) in [5.74, 6) is -0.339. The van der Waals surface area contributed by atoms with Gasteiger partial charge in [0.05, 0.1) is 10.6 Å². The summed E-state index contributed by atoms with van der Waals surface area (Å²) >= 11 is 0. The zero-order valence-electron chi connectivity index (χ0n) is 17.7. The molecule has 0 radical (unpaired) electrons. The molecule has 8 nitrogen and oxygen atoms in total. The van der Waals surface area contributed by atoms with E-state index in [2.05, 4.69) is 33.5 Å². The largest absolute Gasteiger partial charge is 0.367 e. The zero-order chi connectivity index (χ0) is 22.8. The maximum atomic E-state index is 12.9. The van der Waals surface area contributed by atoms with Gasteiger partial charge in [-0.3, -0.25) is 14.9 Å². The van der Waals surface area contributed by atoms with Crippen molar-refractivity contribution < 1.29 is 9.72 Å². The maximum Gasteiger partial charge on any atom is 0.276 e. The van der Waals surface area contributed by atoms with Gasteiger partial charge in [0, 0.05) is 42.8 Å². The van der Waals surface area contributed by atoms with Gasteiger partial charge in [-0.1, -0.05) is 42.5 Å². The van der Waals surface area contributed by atoms with Gasteiger partial charge in [0.25, 0.3) is 11.6 Å². The number of carbonyl (C=O) groups is 1. The van der Waals surface area contributed by atoms with Crippen LogP contribution in [-0.2, 0) is 13.0 Å². The van der Waals surface area contributed by atoms with Crippen LogP contribution in [-0.4, -0.2) is 27.2 Å². The van der Waals surface area contributed by atoms with Crippen LogP contribution in [0.25, 0.3) is 5.69 Å². The van der Waals surface area contributed by atoms with Gasteiger partial charge in [-0.15, -0.1) is 0 Å². The zero-order valence-corrected chi connectivity index (χ0v) is 17.7. The van der Waals surface area contributed by atoms with Gasteiger partial charge < -0.3 is 10.2 Å². The number of benzene rings is 3. The molecule has 1 N–H and O–H groups in total. The SMILES string of the molecule is O=C(Nc1ccccc1CN1CCc2ccccc21)c1ccn(-c2cccc([N+](=O)[O-])c2)n1. The summed E-state index contributed by atoms with van der Waals surface area (Å²) < 4.78 is 1.45. The fourth-order valence-electron chi connectivity index (χ4n) is 4.08. The molecule has 33 heavy (non-hydrogen) atoms. The highest BCUT2D eigenvalue weighted by Crippen LogP contribution is 2.30. The Morgan fingerprint density at radius 1 is 1.03 bits per heavy atom. The Morgan fingerprint density at radius 3 is 2.73 bits per heavy atom. The normalized spacial score (nSPS) is 12.4. The number of amides is 1. The first-order valence-electron chi connectivity index (χ1n) is 10.6. The molecule has 0 saturated heterocycles. The van der Waals surface area contributed by atoms with E-state index in [0.29, 0.717) is 12.2 Å². The Hall–Kier alpha value is -4.46. The lowest BCUT2D eigenvalue weighted by Gasteiger charge is -2.21. The molecule has 5 rings (SSSR count). The van der Waals surface area contributed by atoms with Crippen LogP contribution in [0.3, 0.4) is 0 Å².